The van der Waals surface area contributed by atoms with Gasteiger partial charge in [0, 0.05) is 18.2 Å². The van der Waals surface area contributed by atoms with Gasteiger partial charge in [0.15, 0.2) is 11.6 Å². The van der Waals surface area contributed by atoms with E-state index in [1.165, 1.54) is 26.4 Å². The number of fused-ring (bicyclic) bond motifs is 1. The Balaban J connectivity index is 0.00000121. The fourth-order valence-corrected chi connectivity index (χ4v) is 4.89. The number of carbonyl (C=O) groups is 1. The molecule has 8 heteroatoms. The monoisotopic (exact) mass is 566 g/mol. The maximum atomic E-state index is 15.4. The minimum atomic E-state index is -0.968. The average molecular weight is 567 g/mol. The Morgan fingerprint density at radius 2 is 1.83 bits per heavy atom. The molecule has 220 valence electrons. The Kier molecular flexibility index (Phi) is 10.3. The Morgan fingerprint density at radius 1 is 1.10 bits per heavy atom. The van der Waals surface area contributed by atoms with E-state index in [1.807, 2.05) is 24.3 Å². The molecule has 1 saturated carbocycles. The summed E-state index contributed by atoms with van der Waals surface area (Å²) in [4.78, 5) is 17.5. The molecule has 0 saturated heterocycles. The van der Waals surface area contributed by atoms with Crippen LogP contribution in [-0.2, 0) is 24.2 Å². The quantitative estimate of drug-likeness (QED) is 0.276. The summed E-state index contributed by atoms with van der Waals surface area (Å²) < 4.78 is 41.7. The number of ether oxygens (including phenoxy) is 2. The maximum absolute atomic E-state index is 15.4. The van der Waals surface area contributed by atoms with Crippen LogP contribution in [0.15, 0.2) is 42.6 Å². The van der Waals surface area contributed by atoms with Crippen LogP contribution in [0.5, 0.6) is 11.6 Å². The third-order valence-electron chi connectivity index (χ3n) is 7.61. The number of pyridine rings is 1. The molecule has 6 nitrogen and oxygen atoms in total. The predicted octanol–water partition coefficient (Wildman–Crippen LogP) is 7.38. The summed E-state index contributed by atoms with van der Waals surface area (Å²) in [6.45, 7) is 7.99. The molecule has 41 heavy (non-hydrogen) atoms. The van der Waals surface area contributed by atoms with Gasteiger partial charge in [-0.15, -0.1) is 0 Å². The molecule has 0 radical (unpaired) electrons. The van der Waals surface area contributed by atoms with Crippen molar-refractivity contribution in [3.8, 4) is 22.8 Å². The van der Waals surface area contributed by atoms with Crippen molar-refractivity contribution in [3.63, 3.8) is 0 Å². The lowest BCUT2D eigenvalue weighted by atomic mass is 9.91. The molecular weight excluding hydrogens is 526 g/mol. The molecule has 2 atom stereocenters. The number of methoxy groups -OCH3 is 1. The van der Waals surface area contributed by atoms with E-state index in [0.29, 0.717) is 36.4 Å². The first-order valence-electron chi connectivity index (χ1n) is 14.5. The van der Waals surface area contributed by atoms with Gasteiger partial charge in [-0.1, -0.05) is 70.4 Å². The van der Waals surface area contributed by atoms with E-state index >= 15 is 4.39 Å². The summed E-state index contributed by atoms with van der Waals surface area (Å²) in [5, 5.41) is 9.25. The molecule has 1 aromatic heterocycles. The number of aryl methyl sites for hydroxylation is 1. The lowest BCUT2D eigenvalue weighted by Gasteiger charge is -2.29. The second kappa shape index (κ2) is 13.9. The average Bonchev–Trinajstić information content (AvgIpc) is 3.87. The van der Waals surface area contributed by atoms with Gasteiger partial charge < -0.3 is 14.6 Å². The number of benzene rings is 2. The summed E-state index contributed by atoms with van der Waals surface area (Å²) in [6, 6.07) is 10.9. The SMILES string of the molecule is C1CC1.CCN(CC)Cc1cc([C@H]2CCc3ccc(CC(C)C(=O)O)c(F)c3O2)ccc1-c1cc(OC)ncc1F. The molecule has 2 aliphatic rings. The van der Waals surface area contributed by atoms with Crippen molar-refractivity contribution in [1.29, 1.82) is 0 Å². The van der Waals surface area contributed by atoms with E-state index in [4.69, 9.17) is 9.47 Å². The highest BCUT2D eigenvalue weighted by Crippen LogP contribution is 2.40. The number of halogens is 2. The normalized spacial score (nSPS) is 16.2. The van der Waals surface area contributed by atoms with Crippen molar-refractivity contribution in [1.82, 2.24) is 9.88 Å². The van der Waals surface area contributed by atoms with Gasteiger partial charge in [0.25, 0.3) is 0 Å². The van der Waals surface area contributed by atoms with Gasteiger partial charge in [-0.2, -0.15) is 0 Å². The third kappa shape index (κ3) is 7.61. The highest BCUT2D eigenvalue weighted by Gasteiger charge is 2.27. The summed E-state index contributed by atoms with van der Waals surface area (Å²) in [5.74, 6) is -2.08. The van der Waals surface area contributed by atoms with E-state index in [2.05, 4.69) is 23.7 Å². The highest BCUT2D eigenvalue weighted by atomic mass is 19.1. The van der Waals surface area contributed by atoms with Crippen LogP contribution in [0, 0.1) is 17.6 Å². The van der Waals surface area contributed by atoms with Crippen LogP contribution in [0.2, 0.25) is 0 Å². The van der Waals surface area contributed by atoms with Crippen molar-refractivity contribution < 1.29 is 28.2 Å². The topological polar surface area (TPSA) is 71.9 Å². The molecule has 1 N–H and O–H groups in total. The van der Waals surface area contributed by atoms with Crippen LogP contribution in [0.4, 0.5) is 8.78 Å². The summed E-state index contributed by atoms with van der Waals surface area (Å²) in [6.07, 6.45) is 6.67. The molecular formula is C33H40F2N2O4. The maximum Gasteiger partial charge on any atom is 0.306 e. The van der Waals surface area contributed by atoms with Crippen molar-refractivity contribution >= 4 is 5.97 Å². The number of hydrogen-bond donors (Lipinski definition) is 1. The number of hydrogen-bond acceptors (Lipinski definition) is 5. The van der Waals surface area contributed by atoms with Gasteiger partial charge >= 0.3 is 5.97 Å². The second-order valence-corrected chi connectivity index (χ2v) is 10.8. The summed E-state index contributed by atoms with van der Waals surface area (Å²) in [5.41, 5.74) is 4.06. The first kappa shape index (κ1) is 30.4. The van der Waals surface area contributed by atoms with E-state index < -0.39 is 23.5 Å². The van der Waals surface area contributed by atoms with E-state index in [0.717, 1.165) is 41.5 Å². The molecule has 2 aromatic carbocycles. The summed E-state index contributed by atoms with van der Waals surface area (Å²) >= 11 is 0. The first-order chi connectivity index (χ1) is 19.7. The molecule has 1 aliphatic carbocycles. The number of carboxylic acids is 1. The fraction of sp³-hybridized carbons (Fsp3) is 0.455. The van der Waals surface area contributed by atoms with Crippen molar-refractivity contribution in [2.45, 2.75) is 71.9 Å². The van der Waals surface area contributed by atoms with Crippen LogP contribution in [0.3, 0.4) is 0 Å². The van der Waals surface area contributed by atoms with Crippen LogP contribution in [-0.4, -0.2) is 41.2 Å². The largest absolute Gasteiger partial charge is 0.482 e. The van der Waals surface area contributed by atoms with Gasteiger partial charge in [0.05, 0.1) is 19.2 Å². The van der Waals surface area contributed by atoms with Gasteiger partial charge in [-0.05, 0) is 60.2 Å². The zero-order valence-electron chi connectivity index (χ0n) is 24.4. The minimum absolute atomic E-state index is 0.0894. The lowest BCUT2D eigenvalue weighted by molar-refractivity contribution is -0.141. The van der Waals surface area contributed by atoms with Gasteiger partial charge in [0.1, 0.15) is 11.9 Å². The fourth-order valence-electron chi connectivity index (χ4n) is 4.89. The van der Waals surface area contributed by atoms with Crippen LogP contribution < -0.4 is 9.47 Å². The Morgan fingerprint density at radius 3 is 2.46 bits per heavy atom. The molecule has 1 unspecified atom stereocenters. The van der Waals surface area contributed by atoms with E-state index in [1.54, 1.807) is 19.1 Å². The molecule has 5 rings (SSSR count). The molecule has 0 bridgehead atoms. The smallest absolute Gasteiger partial charge is 0.306 e. The highest BCUT2D eigenvalue weighted by molar-refractivity contribution is 5.70. The summed E-state index contributed by atoms with van der Waals surface area (Å²) in [7, 11) is 1.50. The number of aliphatic carboxylic acids is 1. The minimum Gasteiger partial charge on any atom is -0.482 e. The zero-order chi connectivity index (χ0) is 29.5. The van der Waals surface area contributed by atoms with Crippen LogP contribution >= 0.6 is 0 Å². The standard InChI is InChI=1S/C30H34F2N2O4.C3H6/c1-5-34(6-2)17-22-14-20(9-11-23(22)24-15-27(37-4)33-16-25(24)31)26-12-10-19-7-8-21(13-18(3)30(35)36)28(32)29(19)38-26;1-2-3-1/h7-9,11,14-16,18,26H,5-6,10,12-13,17H2,1-4H3,(H,35,36);1-3H2/t18?,26-;/m1./s1. The molecule has 3 aromatic rings. The number of aromatic nitrogens is 1. The van der Waals surface area contributed by atoms with E-state index in [-0.39, 0.29) is 18.3 Å². The van der Waals surface area contributed by atoms with Crippen molar-refractivity contribution in [3.05, 3.63) is 76.5 Å². The molecule has 1 fully saturated rings. The zero-order valence-corrected chi connectivity index (χ0v) is 24.4. The molecule has 2 heterocycles. The lowest BCUT2D eigenvalue weighted by Crippen LogP contribution is -2.23. The van der Waals surface area contributed by atoms with Crippen molar-refractivity contribution in [2.75, 3.05) is 20.2 Å². The molecule has 1 aliphatic heterocycles. The van der Waals surface area contributed by atoms with E-state index in [9.17, 15) is 14.3 Å². The first-order valence-corrected chi connectivity index (χ1v) is 14.5. The molecule has 0 amide bonds. The van der Waals surface area contributed by atoms with Crippen LogP contribution in [0.25, 0.3) is 11.1 Å². The predicted molar refractivity (Wildman–Crippen MR) is 155 cm³/mol. The van der Waals surface area contributed by atoms with Crippen molar-refractivity contribution in [2.24, 2.45) is 5.92 Å². The third-order valence-corrected chi connectivity index (χ3v) is 7.61. The Hall–Kier alpha value is -3.52. The Bertz CT molecular complexity index is 1350. The number of rotatable bonds is 10. The molecule has 0 spiro atoms. The number of carboxylic acid groups (broad SMARTS) is 1. The van der Waals surface area contributed by atoms with Crippen LogP contribution in [0.1, 0.15) is 74.8 Å². The van der Waals surface area contributed by atoms with Gasteiger partial charge in [-0.25, -0.2) is 13.8 Å². The second-order valence-electron chi connectivity index (χ2n) is 10.8. The number of nitrogens with zero attached hydrogens (tertiary/aromatic N) is 2. The van der Waals surface area contributed by atoms with Gasteiger partial charge in [0.2, 0.25) is 5.88 Å². The van der Waals surface area contributed by atoms with Gasteiger partial charge in [-0.3, -0.25) is 9.69 Å². The Labute approximate surface area is 241 Å².